The molecule has 0 N–H and O–H groups in total. The van der Waals surface area contributed by atoms with Crippen molar-refractivity contribution in [2.75, 3.05) is 33.0 Å². The zero-order valence-corrected chi connectivity index (χ0v) is 22.3. The molecule has 3 heterocycles. The minimum atomic E-state index is -0.333. The third-order valence-corrected chi connectivity index (χ3v) is 7.84. The molecule has 9 heteroatoms. The van der Waals surface area contributed by atoms with E-state index in [9.17, 15) is 14.0 Å². The van der Waals surface area contributed by atoms with Crippen LogP contribution in [0.15, 0.2) is 53.9 Å². The van der Waals surface area contributed by atoms with Crippen LogP contribution in [0.25, 0.3) is 0 Å². The molecule has 0 spiro atoms. The monoisotopic (exact) mass is 538 g/mol. The van der Waals surface area contributed by atoms with Crippen molar-refractivity contribution >= 4 is 23.2 Å². The Morgan fingerprint density at radius 1 is 1.13 bits per heavy atom. The SMILES string of the molecule is CC(C)CCN(CC(=O)N1CCc2sccc2[C@@H]1COc1ccc(F)cc1)C(=O)c1ccc2c(c1)OCO2. The van der Waals surface area contributed by atoms with Gasteiger partial charge in [0.25, 0.3) is 5.91 Å². The van der Waals surface area contributed by atoms with E-state index in [1.807, 2.05) is 16.3 Å². The van der Waals surface area contributed by atoms with E-state index in [2.05, 4.69) is 13.8 Å². The summed E-state index contributed by atoms with van der Waals surface area (Å²) in [7, 11) is 0. The summed E-state index contributed by atoms with van der Waals surface area (Å²) >= 11 is 1.67. The van der Waals surface area contributed by atoms with E-state index in [0.29, 0.717) is 41.8 Å². The second-order valence-electron chi connectivity index (χ2n) is 9.89. The van der Waals surface area contributed by atoms with E-state index in [0.717, 1.165) is 18.4 Å². The molecular formula is C29H31FN2O5S. The lowest BCUT2D eigenvalue weighted by Gasteiger charge is -2.37. The molecule has 3 aromatic rings. The van der Waals surface area contributed by atoms with Crippen molar-refractivity contribution in [3.05, 3.63) is 75.7 Å². The van der Waals surface area contributed by atoms with Gasteiger partial charge >= 0.3 is 0 Å². The highest BCUT2D eigenvalue weighted by atomic mass is 32.1. The van der Waals surface area contributed by atoms with Gasteiger partial charge in [-0.25, -0.2) is 4.39 Å². The quantitative estimate of drug-likeness (QED) is 0.370. The van der Waals surface area contributed by atoms with Gasteiger partial charge in [-0.1, -0.05) is 13.8 Å². The zero-order chi connectivity index (χ0) is 26.6. The van der Waals surface area contributed by atoms with Crippen LogP contribution in [0.5, 0.6) is 17.2 Å². The summed E-state index contributed by atoms with van der Waals surface area (Å²) in [5.74, 6) is 1.37. The van der Waals surface area contributed by atoms with E-state index >= 15 is 0 Å². The number of hydrogen-bond donors (Lipinski definition) is 0. The standard InChI is InChI=1S/C29H31FN2O5S/c1-19(2)9-12-31(29(34)20-3-8-25-26(15-20)37-18-36-25)16-28(33)32-13-10-27-23(11-14-38-27)24(32)17-35-22-6-4-21(30)5-7-22/h3-8,11,14-15,19,24H,9-10,12-13,16-18H2,1-2H3/t24-/m0/s1. The van der Waals surface area contributed by atoms with E-state index < -0.39 is 0 Å². The van der Waals surface area contributed by atoms with Crippen LogP contribution in [-0.4, -0.2) is 54.6 Å². The van der Waals surface area contributed by atoms with Gasteiger partial charge in [0.1, 0.15) is 24.7 Å². The summed E-state index contributed by atoms with van der Waals surface area (Å²) < 4.78 is 30.2. The van der Waals surface area contributed by atoms with Crippen LogP contribution < -0.4 is 14.2 Å². The second-order valence-corrected chi connectivity index (χ2v) is 10.9. The van der Waals surface area contributed by atoms with Gasteiger partial charge in [0, 0.05) is 23.5 Å². The number of fused-ring (bicyclic) bond motifs is 2. The molecule has 0 saturated heterocycles. The largest absolute Gasteiger partial charge is 0.491 e. The first-order valence-corrected chi connectivity index (χ1v) is 13.7. The predicted molar refractivity (Wildman–Crippen MR) is 142 cm³/mol. The van der Waals surface area contributed by atoms with Crippen molar-refractivity contribution in [2.24, 2.45) is 5.92 Å². The summed E-state index contributed by atoms with van der Waals surface area (Å²) in [5.41, 5.74) is 1.52. The fourth-order valence-electron chi connectivity index (χ4n) is 4.71. The Morgan fingerprint density at radius 2 is 1.92 bits per heavy atom. The Bertz CT molecular complexity index is 1290. The third kappa shape index (κ3) is 5.78. The van der Waals surface area contributed by atoms with Gasteiger partial charge in [-0.15, -0.1) is 11.3 Å². The lowest BCUT2D eigenvalue weighted by atomic mass is 10.00. The average Bonchev–Trinajstić information content (AvgIpc) is 3.59. The highest BCUT2D eigenvalue weighted by molar-refractivity contribution is 7.10. The molecule has 7 nitrogen and oxygen atoms in total. The summed E-state index contributed by atoms with van der Waals surface area (Å²) in [6.45, 7) is 5.53. The highest BCUT2D eigenvalue weighted by Crippen LogP contribution is 2.35. The fourth-order valence-corrected chi connectivity index (χ4v) is 5.64. The molecule has 2 amide bonds. The number of halogens is 1. The Balaban J connectivity index is 1.34. The van der Waals surface area contributed by atoms with Crippen LogP contribution >= 0.6 is 11.3 Å². The molecule has 0 saturated carbocycles. The van der Waals surface area contributed by atoms with Gasteiger partial charge < -0.3 is 24.0 Å². The summed E-state index contributed by atoms with van der Waals surface area (Å²) in [6, 6.07) is 12.7. The maximum absolute atomic E-state index is 13.8. The van der Waals surface area contributed by atoms with Crippen molar-refractivity contribution in [3.8, 4) is 17.2 Å². The highest BCUT2D eigenvalue weighted by Gasteiger charge is 2.34. The lowest BCUT2D eigenvalue weighted by Crippen LogP contribution is -2.48. The van der Waals surface area contributed by atoms with E-state index in [-0.39, 0.29) is 43.6 Å². The molecule has 2 aliphatic rings. The Hall–Kier alpha value is -3.59. The first kappa shape index (κ1) is 26.0. The molecule has 0 radical (unpaired) electrons. The minimum absolute atomic E-state index is 0.0352. The normalized spacial score (nSPS) is 15.9. The molecule has 5 rings (SSSR count). The number of ether oxygens (including phenoxy) is 3. The number of rotatable bonds is 9. The number of thiophene rings is 1. The summed E-state index contributed by atoms with van der Waals surface area (Å²) in [6.07, 6.45) is 1.53. The first-order chi connectivity index (χ1) is 18.4. The van der Waals surface area contributed by atoms with Crippen molar-refractivity contribution in [1.82, 2.24) is 9.80 Å². The van der Waals surface area contributed by atoms with Crippen LogP contribution in [0.2, 0.25) is 0 Å². The van der Waals surface area contributed by atoms with Gasteiger partial charge in [0.15, 0.2) is 11.5 Å². The van der Waals surface area contributed by atoms with Gasteiger partial charge in [-0.2, -0.15) is 0 Å². The molecule has 2 aliphatic heterocycles. The predicted octanol–water partition coefficient (Wildman–Crippen LogP) is 5.31. The molecule has 0 bridgehead atoms. The van der Waals surface area contributed by atoms with E-state index in [4.69, 9.17) is 14.2 Å². The van der Waals surface area contributed by atoms with Gasteiger partial charge in [-0.05, 0) is 78.2 Å². The molecule has 1 atom stereocenters. The third-order valence-electron chi connectivity index (χ3n) is 6.85. The van der Waals surface area contributed by atoms with Crippen molar-refractivity contribution in [2.45, 2.75) is 32.7 Å². The maximum Gasteiger partial charge on any atom is 0.254 e. The fraction of sp³-hybridized carbons (Fsp3) is 0.379. The molecule has 38 heavy (non-hydrogen) atoms. The first-order valence-electron chi connectivity index (χ1n) is 12.8. The Kier molecular flexibility index (Phi) is 7.83. The van der Waals surface area contributed by atoms with Crippen LogP contribution in [0, 0.1) is 11.7 Å². The molecule has 0 aliphatic carbocycles. The molecule has 0 unspecified atom stereocenters. The zero-order valence-electron chi connectivity index (χ0n) is 21.5. The topological polar surface area (TPSA) is 68.3 Å². The van der Waals surface area contributed by atoms with Crippen LogP contribution in [0.3, 0.4) is 0 Å². The molecule has 1 aromatic heterocycles. The number of benzene rings is 2. The number of nitrogens with zero attached hydrogens (tertiary/aromatic N) is 2. The van der Waals surface area contributed by atoms with E-state index in [1.54, 1.807) is 46.6 Å². The number of amides is 2. The second kappa shape index (κ2) is 11.4. The molecule has 200 valence electrons. The van der Waals surface area contributed by atoms with Crippen molar-refractivity contribution in [1.29, 1.82) is 0 Å². The number of carbonyl (C=O) groups is 2. The average molecular weight is 539 g/mol. The van der Waals surface area contributed by atoms with Crippen LogP contribution in [0.1, 0.15) is 47.1 Å². The smallest absolute Gasteiger partial charge is 0.254 e. The minimum Gasteiger partial charge on any atom is -0.491 e. The lowest BCUT2D eigenvalue weighted by molar-refractivity contribution is -0.135. The van der Waals surface area contributed by atoms with Crippen molar-refractivity contribution < 1.29 is 28.2 Å². The Morgan fingerprint density at radius 3 is 2.71 bits per heavy atom. The summed E-state index contributed by atoms with van der Waals surface area (Å²) in [4.78, 5) is 32.0. The Labute approximate surface area is 225 Å². The van der Waals surface area contributed by atoms with Gasteiger partial charge in [0.2, 0.25) is 12.7 Å². The number of hydrogen-bond acceptors (Lipinski definition) is 6. The molecule has 2 aromatic carbocycles. The maximum atomic E-state index is 13.8. The molecular weight excluding hydrogens is 507 g/mol. The number of carbonyl (C=O) groups excluding carboxylic acids is 2. The van der Waals surface area contributed by atoms with Crippen LogP contribution in [-0.2, 0) is 11.2 Å². The van der Waals surface area contributed by atoms with E-state index in [1.165, 1.54) is 17.0 Å². The molecule has 0 fully saturated rings. The van der Waals surface area contributed by atoms with Gasteiger partial charge in [-0.3, -0.25) is 9.59 Å². The van der Waals surface area contributed by atoms with Gasteiger partial charge in [0.05, 0.1) is 6.04 Å². The summed E-state index contributed by atoms with van der Waals surface area (Å²) in [5, 5.41) is 2.03. The van der Waals surface area contributed by atoms with Crippen LogP contribution in [0.4, 0.5) is 4.39 Å². The van der Waals surface area contributed by atoms with Crippen molar-refractivity contribution in [3.63, 3.8) is 0 Å².